The third kappa shape index (κ3) is 5.55. The van der Waals surface area contributed by atoms with Gasteiger partial charge >= 0.3 is 0 Å². The van der Waals surface area contributed by atoms with Crippen LogP contribution >= 0.6 is 0 Å². The highest BCUT2D eigenvalue weighted by molar-refractivity contribution is 5.92. The molecule has 2 aromatic rings. The molecule has 0 radical (unpaired) electrons. The lowest BCUT2D eigenvalue weighted by Gasteiger charge is -2.10. The van der Waals surface area contributed by atoms with E-state index >= 15 is 0 Å². The Morgan fingerprint density at radius 3 is 2.96 bits per heavy atom. The molecule has 0 spiro atoms. The van der Waals surface area contributed by atoms with Crippen molar-refractivity contribution >= 4 is 17.5 Å². The van der Waals surface area contributed by atoms with Gasteiger partial charge in [0, 0.05) is 24.9 Å². The number of nitrogens with zero attached hydrogens (tertiary/aromatic N) is 2. The molecular weight excluding hydrogens is 348 g/mol. The number of hydrogen-bond donors (Lipinski definition) is 2. The van der Waals surface area contributed by atoms with Crippen LogP contribution in [-0.4, -0.2) is 48.0 Å². The third-order valence-electron chi connectivity index (χ3n) is 4.32. The van der Waals surface area contributed by atoms with Crippen LogP contribution in [0.25, 0.3) is 0 Å². The molecule has 1 unspecified atom stereocenters. The van der Waals surface area contributed by atoms with Crippen molar-refractivity contribution in [2.24, 2.45) is 0 Å². The molecule has 0 bridgehead atoms. The second kappa shape index (κ2) is 9.18. The second-order valence-electron chi connectivity index (χ2n) is 6.40. The lowest BCUT2D eigenvalue weighted by molar-refractivity contribution is -0.122. The van der Waals surface area contributed by atoms with E-state index in [1.165, 1.54) is 10.9 Å². The van der Waals surface area contributed by atoms with Gasteiger partial charge in [-0.25, -0.2) is 0 Å². The van der Waals surface area contributed by atoms with Crippen molar-refractivity contribution < 1.29 is 19.1 Å². The van der Waals surface area contributed by atoms with Crippen molar-refractivity contribution in [3.8, 4) is 5.75 Å². The normalized spacial score (nSPS) is 16.1. The first-order valence-electron chi connectivity index (χ1n) is 8.96. The molecule has 3 rings (SSSR count). The Morgan fingerprint density at radius 2 is 2.19 bits per heavy atom. The SMILES string of the molecule is COc1ccccc1CC(=O)Nc1cnn(CC(=O)NCC2CCCO2)c1. The van der Waals surface area contributed by atoms with Crippen molar-refractivity contribution in [1.29, 1.82) is 0 Å². The minimum Gasteiger partial charge on any atom is -0.496 e. The molecule has 8 nitrogen and oxygen atoms in total. The van der Waals surface area contributed by atoms with Crippen LogP contribution < -0.4 is 15.4 Å². The summed E-state index contributed by atoms with van der Waals surface area (Å²) in [5.74, 6) is 0.355. The van der Waals surface area contributed by atoms with Crippen LogP contribution in [0.5, 0.6) is 5.75 Å². The van der Waals surface area contributed by atoms with Gasteiger partial charge in [-0.05, 0) is 18.9 Å². The first-order chi connectivity index (χ1) is 13.1. The number of aromatic nitrogens is 2. The molecule has 0 aliphatic carbocycles. The molecule has 2 N–H and O–H groups in total. The van der Waals surface area contributed by atoms with Crippen molar-refractivity contribution in [2.45, 2.75) is 31.9 Å². The van der Waals surface area contributed by atoms with Crippen molar-refractivity contribution in [3.05, 3.63) is 42.2 Å². The van der Waals surface area contributed by atoms with E-state index in [2.05, 4.69) is 15.7 Å². The maximum atomic E-state index is 12.2. The van der Waals surface area contributed by atoms with Crippen LogP contribution in [0, 0.1) is 0 Å². The number of methoxy groups -OCH3 is 1. The monoisotopic (exact) mass is 372 g/mol. The van der Waals surface area contributed by atoms with Crippen molar-refractivity contribution in [1.82, 2.24) is 15.1 Å². The smallest absolute Gasteiger partial charge is 0.241 e. The van der Waals surface area contributed by atoms with Crippen LogP contribution in [0.4, 0.5) is 5.69 Å². The maximum Gasteiger partial charge on any atom is 0.241 e. The van der Waals surface area contributed by atoms with Gasteiger partial charge < -0.3 is 20.1 Å². The average molecular weight is 372 g/mol. The summed E-state index contributed by atoms with van der Waals surface area (Å²) < 4.78 is 12.2. The molecule has 8 heteroatoms. The lowest BCUT2D eigenvalue weighted by Crippen LogP contribution is -2.34. The van der Waals surface area contributed by atoms with Gasteiger partial charge in [0.1, 0.15) is 12.3 Å². The number of anilines is 1. The molecule has 2 amide bonds. The quantitative estimate of drug-likeness (QED) is 0.730. The highest BCUT2D eigenvalue weighted by Gasteiger charge is 2.16. The highest BCUT2D eigenvalue weighted by atomic mass is 16.5. The zero-order valence-corrected chi connectivity index (χ0v) is 15.3. The van der Waals surface area contributed by atoms with Crippen LogP contribution in [0.2, 0.25) is 0 Å². The Balaban J connectivity index is 1.47. The summed E-state index contributed by atoms with van der Waals surface area (Å²) >= 11 is 0. The number of hydrogen-bond acceptors (Lipinski definition) is 5. The van der Waals surface area contributed by atoms with E-state index in [1.807, 2.05) is 24.3 Å². The van der Waals surface area contributed by atoms with E-state index in [9.17, 15) is 9.59 Å². The number of nitrogens with one attached hydrogen (secondary N) is 2. The molecule has 144 valence electrons. The average Bonchev–Trinajstić information content (AvgIpc) is 3.32. The fraction of sp³-hybridized carbons (Fsp3) is 0.421. The van der Waals surface area contributed by atoms with Gasteiger partial charge in [-0.15, -0.1) is 0 Å². The van der Waals surface area contributed by atoms with Gasteiger partial charge in [0.05, 0.1) is 31.5 Å². The predicted octanol–water partition coefficient (Wildman–Crippen LogP) is 1.37. The minimum absolute atomic E-state index is 0.0924. The zero-order valence-electron chi connectivity index (χ0n) is 15.3. The van der Waals surface area contributed by atoms with Gasteiger partial charge in [-0.1, -0.05) is 18.2 Å². The summed E-state index contributed by atoms with van der Waals surface area (Å²) in [5, 5.41) is 9.74. The Labute approximate surface area is 157 Å². The van der Waals surface area contributed by atoms with Gasteiger partial charge in [0.15, 0.2) is 0 Å². The van der Waals surface area contributed by atoms with Crippen molar-refractivity contribution in [2.75, 3.05) is 25.6 Å². The van der Waals surface area contributed by atoms with Gasteiger partial charge in [-0.2, -0.15) is 5.10 Å². The van der Waals surface area contributed by atoms with E-state index in [0.29, 0.717) is 18.0 Å². The fourth-order valence-electron chi connectivity index (χ4n) is 2.98. The van der Waals surface area contributed by atoms with Crippen LogP contribution in [0.1, 0.15) is 18.4 Å². The largest absolute Gasteiger partial charge is 0.496 e. The number of ether oxygens (including phenoxy) is 2. The molecule has 27 heavy (non-hydrogen) atoms. The van der Waals surface area contributed by atoms with Crippen LogP contribution in [0.3, 0.4) is 0 Å². The molecule has 1 aromatic carbocycles. The molecular formula is C19H24N4O4. The van der Waals surface area contributed by atoms with E-state index in [1.54, 1.807) is 13.3 Å². The molecule has 1 aromatic heterocycles. The van der Waals surface area contributed by atoms with E-state index < -0.39 is 0 Å². The van der Waals surface area contributed by atoms with E-state index in [-0.39, 0.29) is 30.9 Å². The third-order valence-corrected chi connectivity index (χ3v) is 4.32. The molecule has 0 saturated carbocycles. The van der Waals surface area contributed by atoms with Crippen LogP contribution in [-0.2, 0) is 27.3 Å². The standard InChI is InChI=1S/C19H24N4O4/c1-26-17-7-3-2-5-14(17)9-18(24)22-15-10-21-23(12-15)13-19(25)20-11-16-6-4-8-27-16/h2-3,5,7,10,12,16H,4,6,8-9,11,13H2,1H3,(H,20,25)(H,22,24). The summed E-state index contributed by atoms with van der Waals surface area (Å²) in [4.78, 5) is 24.2. The van der Waals surface area contributed by atoms with Gasteiger partial charge in [-0.3, -0.25) is 14.3 Å². The fourth-order valence-corrected chi connectivity index (χ4v) is 2.98. The molecule has 1 aliphatic heterocycles. The number of para-hydroxylation sites is 1. The van der Waals surface area contributed by atoms with Gasteiger partial charge in [0.2, 0.25) is 11.8 Å². The summed E-state index contributed by atoms with van der Waals surface area (Å²) in [6.07, 6.45) is 5.47. The number of carbonyl (C=O) groups is 2. The van der Waals surface area contributed by atoms with Gasteiger partial charge in [0.25, 0.3) is 0 Å². The lowest BCUT2D eigenvalue weighted by atomic mass is 10.1. The molecule has 1 atom stereocenters. The number of carbonyl (C=O) groups excluding carboxylic acids is 2. The number of amides is 2. The molecule has 1 saturated heterocycles. The summed E-state index contributed by atoms with van der Waals surface area (Å²) in [6, 6.07) is 7.38. The van der Waals surface area contributed by atoms with E-state index in [4.69, 9.17) is 9.47 Å². The Morgan fingerprint density at radius 1 is 1.33 bits per heavy atom. The summed E-state index contributed by atoms with van der Waals surface area (Å²) in [7, 11) is 1.57. The Kier molecular flexibility index (Phi) is 6.43. The van der Waals surface area contributed by atoms with Crippen LogP contribution in [0.15, 0.2) is 36.7 Å². The first-order valence-corrected chi connectivity index (χ1v) is 8.96. The van der Waals surface area contributed by atoms with Crippen molar-refractivity contribution in [3.63, 3.8) is 0 Å². The first kappa shape index (κ1) is 18.9. The van der Waals surface area contributed by atoms with E-state index in [0.717, 1.165) is 25.0 Å². The summed E-state index contributed by atoms with van der Waals surface area (Å²) in [5.41, 5.74) is 1.35. The number of rotatable bonds is 8. The number of benzene rings is 1. The molecule has 1 aliphatic rings. The topological polar surface area (TPSA) is 94.5 Å². The molecule has 2 heterocycles. The second-order valence-corrected chi connectivity index (χ2v) is 6.40. The Hall–Kier alpha value is -2.87. The highest BCUT2D eigenvalue weighted by Crippen LogP contribution is 2.18. The predicted molar refractivity (Wildman–Crippen MR) is 99.5 cm³/mol. The summed E-state index contributed by atoms with van der Waals surface area (Å²) in [6.45, 7) is 1.37. The molecule has 1 fully saturated rings. The Bertz CT molecular complexity index is 784. The zero-order chi connectivity index (χ0) is 19.1. The maximum absolute atomic E-state index is 12.2. The minimum atomic E-state index is -0.179.